The van der Waals surface area contributed by atoms with Gasteiger partial charge in [0.25, 0.3) is 0 Å². The molecule has 1 aromatic rings. The standard InChI is InChI=1S/C14H19IO2/c1-14(2)6-3-4-12(15)11(14)8-13(16)10-5-7-17-9-10/h4-5,7,9,11,13,16H,3,6,8H2,1-2H3/t11-,13-/m1/s1. The van der Waals surface area contributed by atoms with Crippen molar-refractivity contribution in [2.75, 3.05) is 0 Å². The number of rotatable bonds is 3. The van der Waals surface area contributed by atoms with E-state index in [1.54, 1.807) is 12.5 Å². The Labute approximate surface area is 116 Å². The van der Waals surface area contributed by atoms with Gasteiger partial charge < -0.3 is 9.52 Å². The summed E-state index contributed by atoms with van der Waals surface area (Å²) in [6, 6.07) is 1.84. The fourth-order valence-corrected chi connectivity index (χ4v) is 3.94. The smallest absolute Gasteiger partial charge is 0.0960 e. The normalized spacial score (nSPS) is 25.4. The molecule has 0 aromatic carbocycles. The van der Waals surface area contributed by atoms with Gasteiger partial charge in [0.05, 0.1) is 18.6 Å². The minimum atomic E-state index is -0.422. The lowest BCUT2D eigenvalue weighted by Gasteiger charge is -2.38. The molecule has 0 radical (unpaired) electrons. The highest BCUT2D eigenvalue weighted by molar-refractivity contribution is 14.1. The molecule has 0 aliphatic heterocycles. The quantitative estimate of drug-likeness (QED) is 0.820. The summed E-state index contributed by atoms with van der Waals surface area (Å²) in [6.07, 6.45) is 8.27. The molecule has 0 unspecified atom stereocenters. The van der Waals surface area contributed by atoms with Crippen LogP contribution in [0.5, 0.6) is 0 Å². The summed E-state index contributed by atoms with van der Waals surface area (Å²) in [5.41, 5.74) is 1.16. The molecular weight excluding hydrogens is 327 g/mol. The fourth-order valence-electron chi connectivity index (χ4n) is 2.53. The van der Waals surface area contributed by atoms with Crippen molar-refractivity contribution in [3.05, 3.63) is 33.8 Å². The highest BCUT2D eigenvalue weighted by atomic mass is 127. The Balaban J connectivity index is 2.11. The Morgan fingerprint density at radius 2 is 2.35 bits per heavy atom. The predicted molar refractivity (Wildman–Crippen MR) is 76.9 cm³/mol. The minimum absolute atomic E-state index is 0.274. The van der Waals surface area contributed by atoms with Gasteiger partial charge in [0, 0.05) is 5.56 Å². The molecule has 0 bridgehead atoms. The van der Waals surface area contributed by atoms with E-state index in [1.165, 1.54) is 10.0 Å². The highest BCUT2D eigenvalue weighted by Gasteiger charge is 2.35. The van der Waals surface area contributed by atoms with Crippen molar-refractivity contribution in [3.8, 4) is 0 Å². The first kappa shape index (κ1) is 13.1. The van der Waals surface area contributed by atoms with Gasteiger partial charge in [-0.3, -0.25) is 0 Å². The first-order valence-electron chi connectivity index (χ1n) is 6.06. The van der Waals surface area contributed by atoms with E-state index in [4.69, 9.17) is 4.42 Å². The third kappa shape index (κ3) is 2.94. The molecule has 0 spiro atoms. The summed E-state index contributed by atoms with van der Waals surface area (Å²) in [5, 5.41) is 10.2. The average molecular weight is 346 g/mol. The maximum absolute atomic E-state index is 10.2. The van der Waals surface area contributed by atoms with E-state index in [2.05, 4.69) is 42.5 Å². The third-order valence-electron chi connectivity index (χ3n) is 3.79. The van der Waals surface area contributed by atoms with E-state index in [0.717, 1.165) is 18.4 Å². The van der Waals surface area contributed by atoms with Crippen LogP contribution in [0.15, 0.2) is 32.7 Å². The summed E-state index contributed by atoms with van der Waals surface area (Å²) in [7, 11) is 0. The maximum atomic E-state index is 10.2. The second kappa shape index (κ2) is 5.14. The average Bonchev–Trinajstić information content (AvgIpc) is 2.76. The van der Waals surface area contributed by atoms with E-state index < -0.39 is 6.10 Å². The molecule has 2 atom stereocenters. The van der Waals surface area contributed by atoms with Gasteiger partial charge in [-0.05, 0) is 62.8 Å². The second-order valence-electron chi connectivity index (χ2n) is 5.48. The van der Waals surface area contributed by atoms with Crippen LogP contribution in [-0.2, 0) is 0 Å². The monoisotopic (exact) mass is 346 g/mol. The van der Waals surface area contributed by atoms with Crippen molar-refractivity contribution in [2.24, 2.45) is 11.3 Å². The molecule has 2 rings (SSSR count). The lowest BCUT2D eigenvalue weighted by atomic mass is 9.70. The second-order valence-corrected chi connectivity index (χ2v) is 6.72. The van der Waals surface area contributed by atoms with E-state index in [9.17, 15) is 5.11 Å². The summed E-state index contributed by atoms with van der Waals surface area (Å²) in [6.45, 7) is 4.59. The van der Waals surface area contributed by atoms with Crippen molar-refractivity contribution < 1.29 is 9.52 Å². The summed E-state index contributed by atoms with van der Waals surface area (Å²) in [4.78, 5) is 0. The number of halogens is 1. The molecule has 1 heterocycles. The van der Waals surface area contributed by atoms with Crippen LogP contribution in [0.4, 0.5) is 0 Å². The van der Waals surface area contributed by atoms with E-state index >= 15 is 0 Å². The van der Waals surface area contributed by atoms with Crippen molar-refractivity contribution in [1.29, 1.82) is 0 Å². The van der Waals surface area contributed by atoms with Crippen LogP contribution in [0.3, 0.4) is 0 Å². The molecule has 94 valence electrons. The fraction of sp³-hybridized carbons (Fsp3) is 0.571. The number of hydrogen-bond donors (Lipinski definition) is 1. The van der Waals surface area contributed by atoms with Gasteiger partial charge in [0.1, 0.15) is 0 Å². The zero-order valence-corrected chi connectivity index (χ0v) is 12.5. The summed E-state index contributed by atoms with van der Waals surface area (Å²) >= 11 is 2.42. The minimum Gasteiger partial charge on any atom is -0.472 e. The molecule has 0 fully saturated rings. The Hall–Kier alpha value is -0.290. The van der Waals surface area contributed by atoms with E-state index in [1.807, 2.05) is 6.07 Å². The van der Waals surface area contributed by atoms with Crippen LogP contribution in [0, 0.1) is 11.3 Å². The lowest BCUT2D eigenvalue weighted by molar-refractivity contribution is 0.106. The van der Waals surface area contributed by atoms with E-state index in [-0.39, 0.29) is 5.41 Å². The molecule has 0 amide bonds. The van der Waals surface area contributed by atoms with Crippen LogP contribution in [0.1, 0.15) is 44.8 Å². The van der Waals surface area contributed by atoms with Gasteiger partial charge in [0.15, 0.2) is 0 Å². The van der Waals surface area contributed by atoms with Crippen LogP contribution in [0.2, 0.25) is 0 Å². The zero-order valence-electron chi connectivity index (χ0n) is 10.3. The van der Waals surface area contributed by atoms with Crippen molar-refractivity contribution in [3.63, 3.8) is 0 Å². The Morgan fingerprint density at radius 1 is 1.59 bits per heavy atom. The van der Waals surface area contributed by atoms with Gasteiger partial charge in [-0.1, -0.05) is 19.9 Å². The first-order valence-corrected chi connectivity index (χ1v) is 7.14. The van der Waals surface area contributed by atoms with Crippen LogP contribution < -0.4 is 0 Å². The van der Waals surface area contributed by atoms with Crippen LogP contribution in [-0.4, -0.2) is 5.11 Å². The number of hydrogen-bond acceptors (Lipinski definition) is 2. The summed E-state index contributed by atoms with van der Waals surface area (Å²) in [5.74, 6) is 0.446. The van der Waals surface area contributed by atoms with E-state index in [0.29, 0.717) is 5.92 Å². The lowest BCUT2D eigenvalue weighted by Crippen LogP contribution is -2.28. The topological polar surface area (TPSA) is 33.4 Å². The van der Waals surface area contributed by atoms with Gasteiger partial charge in [-0.2, -0.15) is 0 Å². The Morgan fingerprint density at radius 3 is 2.94 bits per heavy atom. The zero-order chi connectivity index (χ0) is 12.5. The predicted octanol–water partition coefficient (Wildman–Crippen LogP) is 4.46. The largest absolute Gasteiger partial charge is 0.472 e. The molecular formula is C14H19IO2. The maximum Gasteiger partial charge on any atom is 0.0960 e. The van der Waals surface area contributed by atoms with Gasteiger partial charge in [-0.15, -0.1) is 0 Å². The van der Waals surface area contributed by atoms with Gasteiger partial charge in [-0.25, -0.2) is 0 Å². The molecule has 0 saturated carbocycles. The third-order valence-corrected chi connectivity index (χ3v) is 4.98. The van der Waals surface area contributed by atoms with Gasteiger partial charge >= 0.3 is 0 Å². The molecule has 1 aliphatic rings. The summed E-state index contributed by atoms with van der Waals surface area (Å²) < 4.78 is 6.42. The molecule has 2 nitrogen and oxygen atoms in total. The van der Waals surface area contributed by atoms with Crippen LogP contribution >= 0.6 is 22.6 Å². The molecule has 0 saturated heterocycles. The number of aliphatic hydroxyl groups is 1. The van der Waals surface area contributed by atoms with Crippen molar-refractivity contribution in [2.45, 2.75) is 39.2 Å². The SMILES string of the molecule is CC1(C)CCC=C(I)[C@H]1C[C@@H](O)c1ccoc1. The molecule has 17 heavy (non-hydrogen) atoms. The Bertz CT molecular complexity index is 392. The van der Waals surface area contributed by atoms with Gasteiger partial charge in [0.2, 0.25) is 0 Å². The molecule has 1 aliphatic carbocycles. The molecule has 1 N–H and O–H groups in total. The highest BCUT2D eigenvalue weighted by Crippen LogP contribution is 2.47. The molecule has 3 heteroatoms. The first-order chi connectivity index (χ1) is 8.00. The number of aliphatic hydroxyl groups excluding tert-OH is 1. The van der Waals surface area contributed by atoms with Crippen molar-refractivity contribution >= 4 is 22.6 Å². The number of allylic oxidation sites excluding steroid dienone is 2. The van der Waals surface area contributed by atoms with Crippen molar-refractivity contribution in [1.82, 2.24) is 0 Å². The molecule has 1 aromatic heterocycles. The number of furan rings is 1. The van der Waals surface area contributed by atoms with Crippen LogP contribution in [0.25, 0.3) is 0 Å². The Kier molecular flexibility index (Phi) is 3.98.